The highest BCUT2D eigenvalue weighted by atomic mass is 79.9. The van der Waals surface area contributed by atoms with Gasteiger partial charge in [0, 0.05) is 15.6 Å². The summed E-state index contributed by atoms with van der Waals surface area (Å²) < 4.78 is 7.05. The molecule has 1 aliphatic heterocycles. The van der Waals surface area contributed by atoms with E-state index in [1.54, 1.807) is 0 Å². The molecule has 0 bridgehead atoms. The van der Waals surface area contributed by atoms with E-state index in [2.05, 4.69) is 64.5 Å². The van der Waals surface area contributed by atoms with Gasteiger partial charge in [-0.1, -0.05) is 105 Å². The average Bonchev–Trinajstić information content (AvgIpc) is 3.18. The lowest BCUT2D eigenvalue weighted by atomic mass is 9.61. The lowest BCUT2D eigenvalue weighted by Crippen LogP contribution is -2.41. The van der Waals surface area contributed by atoms with Crippen LogP contribution in [0, 0.1) is 0 Å². The van der Waals surface area contributed by atoms with Crippen molar-refractivity contribution < 1.29 is 4.74 Å². The van der Waals surface area contributed by atoms with Crippen LogP contribution in [0.15, 0.2) is 89.4 Å². The summed E-state index contributed by atoms with van der Waals surface area (Å²) in [7, 11) is 20.1. The predicted molar refractivity (Wildman–Crippen MR) is 145 cm³/mol. The SMILES string of the molecule is [B]c1c([B])c2c(c([B])c1Br)C1(c3ccccc3Oc3ccccc31)c1c-2ccc2ccccc12. The maximum absolute atomic E-state index is 6.92. The normalized spacial score (nSPS) is 14.3. The second-order valence-corrected chi connectivity index (χ2v) is 9.65. The van der Waals surface area contributed by atoms with E-state index < -0.39 is 5.41 Å². The zero-order chi connectivity index (χ0) is 23.2. The Balaban J connectivity index is 1.82. The summed E-state index contributed by atoms with van der Waals surface area (Å²) in [6.07, 6.45) is 0. The Morgan fingerprint density at radius 3 is 1.94 bits per heavy atom. The van der Waals surface area contributed by atoms with Crippen LogP contribution >= 0.6 is 15.9 Å². The molecule has 0 saturated carbocycles. The van der Waals surface area contributed by atoms with Gasteiger partial charge in [-0.25, -0.2) is 0 Å². The molecule has 5 aromatic rings. The Morgan fingerprint density at radius 2 is 1.24 bits per heavy atom. The number of ether oxygens (including phenoxy) is 1. The summed E-state index contributed by atoms with van der Waals surface area (Å²) in [5.74, 6) is 1.61. The van der Waals surface area contributed by atoms with Crippen molar-refractivity contribution >= 4 is 66.6 Å². The van der Waals surface area contributed by atoms with Crippen molar-refractivity contribution in [2.45, 2.75) is 5.41 Å². The van der Waals surface area contributed by atoms with Crippen molar-refractivity contribution in [3.63, 3.8) is 0 Å². The molecule has 2 aliphatic rings. The molecule has 1 heterocycles. The number of benzene rings is 5. The summed E-state index contributed by atoms with van der Waals surface area (Å²) in [4.78, 5) is 0. The largest absolute Gasteiger partial charge is 0.457 e. The molecule has 0 amide bonds. The second kappa shape index (κ2) is 6.93. The molecule has 1 nitrogen and oxygen atoms in total. The third-order valence-electron chi connectivity index (χ3n) is 7.30. The minimum atomic E-state index is -0.717. The molecule has 0 atom stereocenters. The maximum atomic E-state index is 6.92. The van der Waals surface area contributed by atoms with E-state index in [-0.39, 0.29) is 0 Å². The fourth-order valence-corrected chi connectivity index (χ4v) is 6.40. The monoisotopic (exact) mass is 490 g/mol. The number of para-hydroxylation sites is 2. The van der Waals surface area contributed by atoms with Crippen LogP contribution in [-0.4, -0.2) is 23.5 Å². The van der Waals surface area contributed by atoms with Gasteiger partial charge in [0.15, 0.2) is 0 Å². The molecule has 0 saturated heterocycles. The fraction of sp³-hybridized carbons (Fsp3) is 0.0345. The molecule has 5 aromatic carbocycles. The standard InChI is InChI=1S/C29H14B3BrO/c30-25-22-17-14-13-15-7-1-2-8-16(15)23(17)29(24(22)26(31)28(33)27(25)32)18-9-3-5-11-20(18)34-21-12-6-4-10-19(21)29/h1-14H. The summed E-state index contributed by atoms with van der Waals surface area (Å²) in [5, 5.41) is 2.30. The van der Waals surface area contributed by atoms with E-state index in [4.69, 9.17) is 28.3 Å². The second-order valence-electron chi connectivity index (χ2n) is 8.86. The third-order valence-corrected chi connectivity index (χ3v) is 8.16. The van der Waals surface area contributed by atoms with Gasteiger partial charge < -0.3 is 4.74 Å². The molecule has 1 aliphatic carbocycles. The highest BCUT2D eigenvalue weighted by Crippen LogP contribution is 2.62. The van der Waals surface area contributed by atoms with Crippen LogP contribution in [0.4, 0.5) is 0 Å². The smallest absolute Gasteiger partial charge is 0.132 e. The molecule has 0 aromatic heterocycles. The van der Waals surface area contributed by atoms with Gasteiger partial charge in [0.1, 0.15) is 35.0 Å². The molecule has 34 heavy (non-hydrogen) atoms. The maximum Gasteiger partial charge on any atom is 0.132 e. The molecule has 7 rings (SSSR count). The first-order chi connectivity index (χ1) is 16.5. The lowest BCUT2D eigenvalue weighted by molar-refractivity contribution is 0.437. The number of rotatable bonds is 0. The van der Waals surface area contributed by atoms with Crippen LogP contribution in [0.2, 0.25) is 0 Å². The predicted octanol–water partition coefficient (Wildman–Crippen LogP) is 4.45. The van der Waals surface area contributed by atoms with Crippen molar-refractivity contribution in [2.75, 3.05) is 0 Å². The molecule has 6 radical (unpaired) electrons. The van der Waals surface area contributed by atoms with Crippen molar-refractivity contribution in [3.8, 4) is 22.6 Å². The van der Waals surface area contributed by atoms with Crippen LogP contribution in [-0.2, 0) is 5.41 Å². The molecule has 0 N–H and O–H groups in total. The number of fused-ring (bicyclic) bond motifs is 11. The van der Waals surface area contributed by atoms with Gasteiger partial charge in [0.25, 0.3) is 0 Å². The first kappa shape index (κ1) is 20.2. The van der Waals surface area contributed by atoms with Gasteiger partial charge in [-0.05, 0) is 45.2 Å². The van der Waals surface area contributed by atoms with Crippen molar-refractivity contribution in [2.24, 2.45) is 0 Å². The summed E-state index contributed by atoms with van der Waals surface area (Å²) in [6, 6.07) is 29.1. The van der Waals surface area contributed by atoms with E-state index in [0.717, 1.165) is 55.7 Å². The number of halogens is 1. The van der Waals surface area contributed by atoms with Crippen molar-refractivity contribution in [3.05, 3.63) is 112 Å². The van der Waals surface area contributed by atoms with Gasteiger partial charge in [-0.15, -0.1) is 0 Å². The van der Waals surface area contributed by atoms with Gasteiger partial charge in [0.2, 0.25) is 0 Å². The third kappa shape index (κ3) is 2.29. The highest BCUT2D eigenvalue weighted by Gasteiger charge is 2.53. The number of hydrogen-bond acceptors (Lipinski definition) is 1. The first-order valence-electron chi connectivity index (χ1n) is 11.1. The van der Waals surface area contributed by atoms with Crippen molar-refractivity contribution in [1.29, 1.82) is 0 Å². The topological polar surface area (TPSA) is 9.23 Å². The average molecular weight is 491 g/mol. The Kier molecular flexibility index (Phi) is 4.12. The first-order valence-corrected chi connectivity index (χ1v) is 11.9. The zero-order valence-electron chi connectivity index (χ0n) is 18.1. The lowest BCUT2D eigenvalue weighted by Gasteiger charge is -2.41. The van der Waals surface area contributed by atoms with E-state index in [1.165, 1.54) is 0 Å². The van der Waals surface area contributed by atoms with Crippen LogP contribution in [0.1, 0.15) is 22.3 Å². The van der Waals surface area contributed by atoms with Crippen molar-refractivity contribution in [1.82, 2.24) is 0 Å². The Morgan fingerprint density at radius 1 is 0.618 bits per heavy atom. The summed E-state index contributed by atoms with van der Waals surface area (Å²) in [6.45, 7) is 0. The van der Waals surface area contributed by atoms with Gasteiger partial charge in [-0.2, -0.15) is 0 Å². The quantitative estimate of drug-likeness (QED) is 0.285. The molecule has 5 heteroatoms. The molecule has 152 valence electrons. The van der Waals surface area contributed by atoms with Crippen LogP contribution in [0.3, 0.4) is 0 Å². The van der Waals surface area contributed by atoms with Crippen LogP contribution in [0.25, 0.3) is 21.9 Å². The Labute approximate surface area is 210 Å². The van der Waals surface area contributed by atoms with Crippen LogP contribution < -0.4 is 21.1 Å². The summed E-state index contributed by atoms with van der Waals surface area (Å²) >= 11 is 3.65. The molecular formula is C29H14B3BrO. The van der Waals surface area contributed by atoms with Crippen LogP contribution in [0.5, 0.6) is 11.5 Å². The van der Waals surface area contributed by atoms with E-state index in [9.17, 15) is 0 Å². The Bertz CT molecular complexity index is 1650. The minimum Gasteiger partial charge on any atom is -0.457 e. The van der Waals surface area contributed by atoms with Gasteiger partial charge >= 0.3 is 0 Å². The van der Waals surface area contributed by atoms with E-state index in [0.29, 0.717) is 20.9 Å². The molecular weight excluding hydrogens is 477 g/mol. The zero-order valence-corrected chi connectivity index (χ0v) is 19.7. The van der Waals surface area contributed by atoms with Gasteiger partial charge in [-0.3, -0.25) is 0 Å². The minimum absolute atomic E-state index is 0.459. The summed E-state index contributed by atoms with van der Waals surface area (Å²) in [5.41, 5.74) is 6.97. The number of hydrogen-bond donors (Lipinski definition) is 0. The van der Waals surface area contributed by atoms with E-state index in [1.807, 2.05) is 36.4 Å². The molecule has 1 spiro atoms. The Hall–Kier alpha value is -3.17. The highest BCUT2D eigenvalue weighted by molar-refractivity contribution is 9.10. The fourth-order valence-electron chi connectivity index (χ4n) is 5.99. The molecule has 0 fully saturated rings. The molecule has 0 unspecified atom stereocenters. The van der Waals surface area contributed by atoms with Gasteiger partial charge in [0.05, 0.1) is 5.41 Å². The van der Waals surface area contributed by atoms with E-state index >= 15 is 0 Å².